The van der Waals surface area contributed by atoms with Gasteiger partial charge in [0.25, 0.3) is 5.91 Å². The van der Waals surface area contributed by atoms with Crippen LogP contribution in [0.15, 0.2) is 18.3 Å². The molecule has 0 bridgehead atoms. The summed E-state index contributed by atoms with van der Waals surface area (Å²) in [5.41, 5.74) is 0.325. The van der Waals surface area contributed by atoms with E-state index in [-0.39, 0.29) is 5.91 Å². The number of pyridine rings is 1. The third-order valence-corrected chi connectivity index (χ3v) is 2.36. The molecule has 1 N–H and O–H groups in total. The summed E-state index contributed by atoms with van der Waals surface area (Å²) >= 11 is 5.76. The molecule has 0 aromatic carbocycles. The third kappa shape index (κ3) is 5.65. The van der Waals surface area contributed by atoms with E-state index in [0.717, 1.165) is 19.4 Å². The smallest absolute Gasteiger partial charge is 0.270 e. The zero-order valence-corrected chi connectivity index (χ0v) is 10.7. The predicted molar refractivity (Wildman–Crippen MR) is 67.3 cm³/mol. The fraction of sp³-hybridized carbons (Fsp3) is 0.500. The first kappa shape index (κ1) is 13.9. The molecule has 0 aliphatic carbocycles. The molecule has 1 heterocycles. The second kappa shape index (κ2) is 8.03. The van der Waals surface area contributed by atoms with Gasteiger partial charge in [-0.3, -0.25) is 9.78 Å². The Morgan fingerprint density at radius 3 is 3.06 bits per heavy atom. The summed E-state index contributed by atoms with van der Waals surface area (Å²) in [6, 6.07) is 3.17. The first-order chi connectivity index (χ1) is 8.24. The summed E-state index contributed by atoms with van der Waals surface area (Å²) in [5.74, 6) is -0.230. The van der Waals surface area contributed by atoms with Crippen molar-refractivity contribution >= 4 is 17.5 Å². The summed E-state index contributed by atoms with van der Waals surface area (Å²) in [6.45, 7) is 3.85. The van der Waals surface area contributed by atoms with Gasteiger partial charge in [0.15, 0.2) is 0 Å². The maximum absolute atomic E-state index is 11.6. The van der Waals surface area contributed by atoms with E-state index in [1.165, 1.54) is 12.3 Å². The average Bonchev–Trinajstić information content (AvgIpc) is 2.33. The molecule has 94 valence electrons. The molecule has 0 aliphatic heterocycles. The summed E-state index contributed by atoms with van der Waals surface area (Å²) in [5, 5.41) is 3.22. The largest absolute Gasteiger partial charge is 0.380 e. The number of nitrogens with one attached hydrogen (secondary N) is 1. The minimum atomic E-state index is -0.230. The fourth-order valence-electron chi connectivity index (χ4n) is 1.20. The Hall–Kier alpha value is -1.13. The number of amides is 1. The molecule has 0 saturated heterocycles. The minimum absolute atomic E-state index is 0.230. The third-order valence-electron chi connectivity index (χ3n) is 2.13. The highest BCUT2D eigenvalue weighted by atomic mass is 35.5. The molecule has 0 radical (unpaired) electrons. The molecule has 0 atom stereocenters. The number of aromatic nitrogens is 1. The van der Waals surface area contributed by atoms with Crippen LogP contribution in [0.3, 0.4) is 0 Å². The van der Waals surface area contributed by atoms with Crippen LogP contribution in [0.5, 0.6) is 0 Å². The maximum atomic E-state index is 11.6. The van der Waals surface area contributed by atoms with Crippen LogP contribution in [0.25, 0.3) is 0 Å². The Bertz CT molecular complexity index is 358. The molecule has 17 heavy (non-hydrogen) atoms. The highest BCUT2D eigenvalue weighted by molar-refractivity contribution is 6.30. The molecule has 1 rings (SSSR count). The normalized spacial score (nSPS) is 10.2. The quantitative estimate of drug-likeness (QED) is 0.762. The van der Waals surface area contributed by atoms with Gasteiger partial charge in [0.05, 0.1) is 6.61 Å². The SMILES string of the molecule is CCCCOCCNC(=O)c1cc(Cl)ccn1. The van der Waals surface area contributed by atoms with Crippen molar-refractivity contribution in [2.45, 2.75) is 19.8 Å². The van der Waals surface area contributed by atoms with Crippen molar-refractivity contribution in [2.24, 2.45) is 0 Å². The molecule has 0 fully saturated rings. The summed E-state index contributed by atoms with van der Waals surface area (Å²) in [7, 11) is 0. The Kier molecular flexibility index (Phi) is 6.58. The standard InChI is InChI=1S/C12H17ClN2O2/c1-2-3-7-17-8-6-15-12(16)11-9-10(13)4-5-14-11/h4-5,9H,2-3,6-8H2,1H3,(H,15,16). The zero-order valence-electron chi connectivity index (χ0n) is 9.91. The van der Waals surface area contributed by atoms with Crippen LogP contribution in [-0.4, -0.2) is 30.6 Å². The summed E-state index contributed by atoms with van der Waals surface area (Å²) in [6.07, 6.45) is 3.66. The molecular formula is C12H17ClN2O2. The molecule has 5 heteroatoms. The number of hydrogen-bond acceptors (Lipinski definition) is 3. The van der Waals surface area contributed by atoms with Crippen LogP contribution in [-0.2, 0) is 4.74 Å². The molecule has 1 aromatic rings. The van der Waals surface area contributed by atoms with Crippen molar-refractivity contribution in [1.29, 1.82) is 0 Å². The van der Waals surface area contributed by atoms with E-state index in [4.69, 9.17) is 16.3 Å². The van der Waals surface area contributed by atoms with Crippen LogP contribution < -0.4 is 5.32 Å². The fourth-order valence-corrected chi connectivity index (χ4v) is 1.36. The Balaban J connectivity index is 2.21. The van der Waals surface area contributed by atoms with Crippen molar-refractivity contribution < 1.29 is 9.53 Å². The van der Waals surface area contributed by atoms with E-state index >= 15 is 0 Å². The van der Waals surface area contributed by atoms with Gasteiger partial charge in [-0.25, -0.2) is 0 Å². The van der Waals surface area contributed by atoms with Crippen molar-refractivity contribution in [3.05, 3.63) is 29.0 Å². The highest BCUT2D eigenvalue weighted by Gasteiger charge is 2.06. The van der Waals surface area contributed by atoms with Crippen molar-refractivity contribution in [3.8, 4) is 0 Å². The highest BCUT2D eigenvalue weighted by Crippen LogP contribution is 2.07. The number of ether oxygens (including phenoxy) is 1. The van der Waals surface area contributed by atoms with E-state index in [9.17, 15) is 4.79 Å². The maximum Gasteiger partial charge on any atom is 0.270 e. The number of halogens is 1. The van der Waals surface area contributed by atoms with Gasteiger partial charge in [0.2, 0.25) is 0 Å². The molecule has 0 saturated carbocycles. The number of nitrogens with zero attached hydrogens (tertiary/aromatic N) is 1. The molecule has 1 aromatic heterocycles. The second-order valence-electron chi connectivity index (χ2n) is 3.58. The van der Waals surface area contributed by atoms with E-state index in [2.05, 4.69) is 17.2 Å². The van der Waals surface area contributed by atoms with Gasteiger partial charge in [-0.2, -0.15) is 0 Å². The van der Waals surface area contributed by atoms with E-state index < -0.39 is 0 Å². The van der Waals surface area contributed by atoms with Crippen LogP contribution in [0.2, 0.25) is 5.02 Å². The summed E-state index contributed by atoms with van der Waals surface area (Å²) in [4.78, 5) is 15.5. The van der Waals surface area contributed by atoms with Crippen LogP contribution >= 0.6 is 11.6 Å². The minimum Gasteiger partial charge on any atom is -0.380 e. The molecule has 0 aliphatic rings. The average molecular weight is 257 g/mol. The van der Waals surface area contributed by atoms with Gasteiger partial charge in [-0.15, -0.1) is 0 Å². The van der Waals surface area contributed by atoms with Gasteiger partial charge in [0, 0.05) is 24.4 Å². The number of carbonyl (C=O) groups excluding carboxylic acids is 1. The van der Waals surface area contributed by atoms with Gasteiger partial charge >= 0.3 is 0 Å². The van der Waals surface area contributed by atoms with Crippen molar-refractivity contribution in [1.82, 2.24) is 10.3 Å². The van der Waals surface area contributed by atoms with E-state index in [1.54, 1.807) is 6.07 Å². The Morgan fingerprint density at radius 1 is 1.53 bits per heavy atom. The van der Waals surface area contributed by atoms with Crippen LogP contribution in [0, 0.1) is 0 Å². The number of hydrogen-bond donors (Lipinski definition) is 1. The molecule has 0 spiro atoms. The molecule has 0 unspecified atom stereocenters. The van der Waals surface area contributed by atoms with Gasteiger partial charge in [0.1, 0.15) is 5.69 Å². The lowest BCUT2D eigenvalue weighted by Gasteiger charge is -2.05. The van der Waals surface area contributed by atoms with Crippen molar-refractivity contribution in [3.63, 3.8) is 0 Å². The Labute approximate surface area is 106 Å². The topological polar surface area (TPSA) is 51.2 Å². The first-order valence-electron chi connectivity index (χ1n) is 5.71. The van der Waals surface area contributed by atoms with Crippen molar-refractivity contribution in [2.75, 3.05) is 19.8 Å². The molecular weight excluding hydrogens is 240 g/mol. The Morgan fingerprint density at radius 2 is 2.35 bits per heavy atom. The lowest BCUT2D eigenvalue weighted by Crippen LogP contribution is -2.28. The van der Waals surface area contributed by atoms with E-state index in [1.807, 2.05) is 0 Å². The monoisotopic (exact) mass is 256 g/mol. The number of carbonyl (C=O) groups is 1. The van der Waals surface area contributed by atoms with Gasteiger partial charge in [-0.1, -0.05) is 24.9 Å². The second-order valence-corrected chi connectivity index (χ2v) is 4.02. The first-order valence-corrected chi connectivity index (χ1v) is 6.09. The van der Waals surface area contributed by atoms with Crippen LogP contribution in [0.1, 0.15) is 30.3 Å². The van der Waals surface area contributed by atoms with Crippen LogP contribution in [0.4, 0.5) is 0 Å². The lowest BCUT2D eigenvalue weighted by molar-refractivity contribution is 0.0908. The molecule has 4 nitrogen and oxygen atoms in total. The molecule has 1 amide bonds. The lowest BCUT2D eigenvalue weighted by atomic mass is 10.3. The number of rotatable bonds is 7. The number of unbranched alkanes of at least 4 members (excludes halogenated alkanes) is 1. The van der Waals surface area contributed by atoms with E-state index in [0.29, 0.717) is 23.9 Å². The summed E-state index contributed by atoms with van der Waals surface area (Å²) < 4.78 is 5.32. The van der Waals surface area contributed by atoms with Gasteiger partial charge in [-0.05, 0) is 18.6 Å². The predicted octanol–water partition coefficient (Wildman–Crippen LogP) is 2.28. The zero-order chi connectivity index (χ0) is 12.5. The van der Waals surface area contributed by atoms with Gasteiger partial charge < -0.3 is 10.1 Å².